The molecule has 64 valence electrons. The molecule has 3 heteroatoms. The Kier molecular flexibility index (Phi) is 2.94. The summed E-state index contributed by atoms with van der Waals surface area (Å²) in [5.74, 6) is 0. The number of hydrogen-bond donors (Lipinski definition) is 0. The molecule has 1 aromatic rings. The van der Waals surface area contributed by atoms with Gasteiger partial charge in [-0.3, -0.25) is 9.78 Å². The van der Waals surface area contributed by atoms with Crippen molar-refractivity contribution in [1.29, 1.82) is 0 Å². The van der Waals surface area contributed by atoms with Crippen LogP contribution >= 0.6 is 0 Å². The number of carbonyl (C=O) groups is 1. The van der Waals surface area contributed by atoms with E-state index in [1.54, 1.807) is 13.2 Å². The number of hydrogen-bond acceptors (Lipinski definition) is 3. The molecule has 0 atom stereocenters. The lowest BCUT2D eigenvalue weighted by Crippen LogP contribution is -1.99. The summed E-state index contributed by atoms with van der Waals surface area (Å²) in [5.41, 5.74) is 2.20. The van der Waals surface area contributed by atoms with Gasteiger partial charge < -0.3 is 4.74 Å². The van der Waals surface area contributed by atoms with Gasteiger partial charge >= 0.3 is 0 Å². The number of nitrogens with zero attached hydrogens (tertiary/aromatic N) is 1. The Balaban J connectivity index is 3.03. The van der Waals surface area contributed by atoms with E-state index in [-0.39, 0.29) is 0 Å². The number of aryl methyl sites for hydroxylation is 1. The molecule has 0 aliphatic rings. The smallest absolute Gasteiger partial charge is 0.151 e. The molecule has 0 fully saturated rings. The van der Waals surface area contributed by atoms with Crippen LogP contribution in [0.15, 0.2) is 12.1 Å². The van der Waals surface area contributed by atoms with Crippen molar-refractivity contribution in [2.24, 2.45) is 0 Å². The van der Waals surface area contributed by atoms with Crippen molar-refractivity contribution >= 4 is 6.29 Å². The minimum atomic E-state index is 0.385. The Morgan fingerprint density at radius 2 is 2.33 bits per heavy atom. The number of rotatable bonds is 3. The molecule has 1 heterocycles. The van der Waals surface area contributed by atoms with Crippen LogP contribution in [-0.2, 0) is 11.3 Å². The Morgan fingerprint density at radius 1 is 1.58 bits per heavy atom. The molecule has 1 rings (SSSR count). The lowest BCUT2D eigenvalue weighted by atomic mass is 10.2. The molecular weight excluding hydrogens is 154 g/mol. The summed E-state index contributed by atoms with van der Waals surface area (Å²) in [6, 6.07) is 3.56. The van der Waals surface area contributed by atoms with E-state index in [1.807, 2.05) is 13.0 Å². The van der Waals surface area contributed by atoms with Gasteiger partial charge in [-0.2, -0.15) is 0 Å². The summed E-state index contributed by atoms with van der Waals surface area (Å²) in [6.45, 7) is 2.27. The monoisotopic (exact) mass is 165 g/mol. The van der Waals surface area contributed by atoms with Crippen LogP contribution in [0.2, 0.25) is 0 Å². The van der Waals surface area contributed by atoms with E-state index in [0.29, 0.717) is 17.9 Å². The van der Waals surface area contributed by atoms with Gasteiger partial charge in [0.1, 0.15) is 0 Å². The van der Waals surface area contributed by atoms with Crippen LogP contribution in [0.25, 0.3) is 0 Å². The first-order valence-corrected chi connectivity index (χ1v) is 3.68. The molecule has 0 aliphatic carbocycles. The first-order chi connectivity index (χ1) is 5.77. The minimum absolute atomic E-state index is 0.385. The van der Waals surface area contributed by atoms with E-state index in [2.05, 4.69) is 4.98 Å². The second-order valence-corrected chi connectivity index (χ2v) is 2.54. The topological polar surface area (TPSA) is 39.2 Å². The van der Waals surface area contributed by atoms with Gasteiger partial charge in [0, 0.05) is 18.4 Å². The molecule has 3 nitrogen and oxygen atoms in total. The average Bonchev–Trinajstić information content (AvgIpc) is 2.05. The van der Waals surface area contributed by atoms with E-state index in [4.69, 9.17) is 4.74 Å². The van der Waals surface area contributed by atoms with Crippen molar-refractivity contribution in [2.45, 2.75) is 13.5 Å². The first kappa shape index (κ1) is 8.87. The lowest BCUT2D eigenvalue weighted by Gasteiger charge is -2.02. The zero-order chi connectivity index (χ0) is 8.97. The van der Waals surface area contributed by atoms with Crippen LogP contribution in [0, 0.1) is 6.92 Å². The third-order valence-corrected chi connectivity index (χ3v) is 1.56. The third-order valence-electron chi connectivity index (χ3n) is 1.56. The molecule has 0 N–H and O–H groups in total. The maximum atomic E-state index is 10.5. The van der Waals surface area contributed by atoms with Crippen LogP contribution < -0.4 is 0 Å². The summed E-state index contributed by atoms with van der Waals surface area (Å²) in [7, 11) is 1.58. The van der Waals surface area contributed by atoms with E-state index >= 15 is 0 Å². The molecule has 0 bridgehead atoms. The molecule has 0 unspecified atom stereocenters. The predicted molar refractivity (Wildman–Crippen MR) is 45.1 cm³/mol. The summed E-state index contributed by atoms with van der Waals surface area (Å²) in [5, 5.41) is 0. The Bertz CT molecular complexity index is 284. The summed E-state index contributed by atoms with van der Waals surface area (Å²) in [4.78, 5) is 14.7. The van der Waals surface area contributed by atoms with Crippen molar-refractivity contribution in [3.63, 3.8) is 0 Å². The Morgan fingerprint density at radius 3 is 2.92 bits per heavy atom. The summed E-state index contributed by atoms with van der Waals surface area (Å²) in [6.07, 6.45) is 0.792. The van der Waals surface area contributed by atoms with Gasteiger partial charge in [-0.05, 0) is 19.1 Å². The van der Waals surface area contributed by atoms with Crippen molar-refractivity contribution in [3.8, 4) is 0 Å². The molecule has 0 aliphatic heterocycles. The van der Waals surface area contributed by atoms with Crippen LogP contribution in [0.1, 0.15) is 21.7 Å². The fourth-order valence-electron chi connectivity index (χ4n) is 0.981. The minimum Gasteiger partial charge on any atom is -0.378 e. The van der Waals surface area contributed by atoms with Crippen LogP contribution in [-0.4, -0.2) is 18.4 Å². The third kappa shape index (κ3) is 1.89. The van der Waals surface area contributed by atoms with Gasteiger partial charge in [-0.25, -0.2) is 0 Å². The highest BCUT2D eigenvalue weighted by Gasteiger charge is 2.01. The largest absolute Gasteiger partial charge is 0.378 e. The predicted octanol–water partition coefficient (Wildman–Crippen LogP) is 1.35. The van der Waals surface area contributed by atoms with Crippen LogP contribution in [0.5, 0.6) is 0 Å². The zero-order valence-corrected chi connectivity index (χ0v) is 7.20. The van der Waals surface area contributed by atoms with Crippen LogP contribution in [0.3, 0.4) is 0 Å². The zero-order valence-electron chi connectivity index (χ0n) is 7.20. The highest BCUT2D eigenvalue weighted by molar-refractivity contribution is 5.76. The molecule has 1 aromatic heterocycles. The lowest BCUT2D eigenvalue weighted by molar-refractivity contribution is 0.111. The molecule has 0 radical (unpaired) electrons. The van der Waals surface area contributed by atoms with Gasteiger partial charge in [-0.15, -0.1) is 0 Å². The maximum absolute atomic E-state index is 10.5. The highest BCUT2D eigenvalue weighted by Crippen LogP contribution is 2.05. The van der Waals surface area contributed by atoms with E-state index in [0.717, 1.165) is 12.0 Å². The summed E-state index contributed by atoms with van der Waals surface area (Å²) >= 11 is 0. The van der Waals surface area contributed by atoms with E-state index in [1.165, 1.54) is 0 Å². The van der Waals surface area contributed by atoms with Gasteiger partial charge in [0.25, 0.3) is 0 Å². The normalized spacial score (nSPS) is 9.83. The van der Waals surface area contributed by atoms with Crippen LogP contribution in [0.4, 0.5) is 0 Å². The molecule has 0 saturated heterocycles. The number of ether oxygens (including phenoxy) is 1. The molecule has 0 spiro atoms. The van der Waals surface area contributed by atoms with Crippen molar-refractivity contribution in [2.75, 3.05) is 7.11 Å². The fourth-order valence-corrected chi connectivity index (χ4v) is 0.981. The second kappa shape index (κ2) is 3.97. The number of aromatic nitrogens is 1. The van der Waals surface area contributed by atoms with Crippen molar-refractivity contribution < 1.29 is 9.53 Å². The van der Waals surface area contributed by atoms with Gasteiger partial charge in [-0.1, -0.05) is 0 Å². The summed E-state index contributed by atoms with van der Waals surface area (Å²) < 4.78 is 4.90. The quantitative estimate of drug-likeness (QED) is 0.634. The van der Waals surface area contributed by atoms with E-state index < -0.39 is 0 Å². The maximum Gasteiger partial charge on any atom is 0.151 e. The number of methoxy groups -OCH3 is 1. The Labute approximate surface area is 71.4 Å². The van der Waals surface area contributed by atoms with E-state index in [9.17, 15) is 4.79 Å². The number of aldehydes is 1. The molecule has 0 amide bonds. The van der Waals surface area contributed by atoms with Crippen molar-refractivity contribution in [1.82, 2.24) is 4.98 Å². The van der Waals surface area contributed by atoms with Gasteiger partial charge in [0.05, 0.1) is 12.3 Å². The van der Waals surface area contributed by atoms with Gasteiger partial charge in [0.2, 0.25) is 0 Å². The number of carbonyl (C=O) groups excluding carboxylic acids is 1. The second-order valence-electron chi connectivity index (χ2n) is 2.54. The number of pyridine rings is 1. The van der Waals surface area contributed by atoms with Crippen molar-refractivity contribution in [3.05, 3.63) is 29.1 Å². The highest BCUT2D eigenvalue weighted by atomic mass is 16.5. The van der Waals surface area contributed by atoms with Gasteiger partial charge in [0.15, 0.2) is 6.29 Å². The molecular formula is C9H11NO2. The Hall–Kier alpha value is -1.22. The molecule has 12 heavy (non-hydrogen) atoms. The fraction of sp³-hybridized carbons (Fsp3) is 0.333. The average molecular weight is 165 g/mol. The first-order valence-electron chi connectivity index (χ1n) is 3.68. The molecule has 0 aromatic carbocycles. The standard InChI is InChI=1S/C9H11NO2/c1-7-3-4-8(5-11)9(10-7)6-12-2/h3-5H,6H2,1-2H3. The molecule has 0 saturated carbocycles. The SMILES string of the molecule is COCc1nc(C)ccc1C=O.